The number of ether oxygens (including phenoxy) is 1. The van der Waals surface area contributed by atoms with Gasteiger partial charge in [-0.15, -0.1) is 0 Å². The molecular formula is C18H14BrNO3S. The first-order valence-corrected chi connectivity index (χ1v) is 9.54. The first-order chi connectivity index (χ1) is 11.6. The Labute approximate surface area is 150 Å². The van der Waals surface area contributed by atoms with Crippen LogP contribution in [0.2, 0.25) is 0 Å². The number of benzene rings is 2. The molecule has 6 heteroatoms. The average Bonchev–Trinajstić information content (AvgIpc) is 3.12. The summed E-state index contributed by atoms with van der Waals surface area (Å²) in [6.07, 6.45) is 3.37. The Morgan fingerprint density at radius 3 is 2.67 bits per heavy atom. The highest BCUT2D eigenvalue weighted by molar-refractivity contribution is 9.10. The third kappa shape index (κ3) is 2.80. The number of rotatable bonds is 3. The highest BCUT2D eigenvalue weighted by Crippen LogP contribution is 2.38. The quantitative estimate of drug-likeness (QED) is 0.850. The van der Waals surface area contributed by atoms with Crippen LogP contribution >= 0.6 is 15.9 Å². The largest absolute Gasteiger partial charge is 0.486 e. The van der Waals surface area contributed by atoms with Gasteiger partial charge in [-0.05, 0) is 47.7 Å². The molecule has 0 bridgehead atoms. The molecule has 0 spiro atoms. The van der Waals surface area contributed by atoms with E-state index in [9.17, 15) is 9.00 Å². The molecule has 2 aromatic rings. The highest BCUT2D eigenvalue weighted by atomic mass is 79.9. The number of amides is 1. The second-order valence-electron chi connectivity index (χ2n) is 5.72. The van der Waals surface area contributed by atoms with Gasteiger partial charge in [0, 0.05) is 10.5 Å². The Morgan fingerprint density at radius 2 is 1.96 bits per heavy atom. The summed E-state index contributed by atoms with van der Waals surface area (Å²) in [6.45, 7) is 0. The van der Waals surface area contributed by atoms with E-state index in [1.54, 1.807) is 0 Å². The second-order valence-corrected chi connectivity index (χ2v) is 7.76. The van der Waals surface area contributed by atoms with Gasteiger partial charge in [0.25, 0.3) is 5.91 Å². The van der Waals surface area contributed by atoms with Crippen molar-refractivity contribution in [3.63, 3.8) is 0 Å². The molecule has 2 atom stereocenters. The maximum absolute atomic E-state index is 11.8. The standard InChI is InChI=1S/C18H14BrNO3S/c19-15-3-1-2-14-13(15)8-9-16(14)23-12-6-4-11(5-7-12)17-10-18(21)20-24(17)22/h1-7,10,16H,8-9H2,(H,20,21). The fraction of sp³-hybridized carbons (Fsp3) is 0.167. The zero-order valence-electron chi connectivity index (χ0n) is 12.6. The molecule has 1 aliphatic heterocycles. The Bertz CT molecular complexity index is 876. The molecule has 0 radical (unpaired) electrons. The molecule has 122 valence electrons. The SMILES string of the molecule is O=C1C=C(c2ccc(OC3CCc4c(Br)cccc43)cc2)S(=O)N1. The number of carbonyl (C=O) groups is 1. The fourth-order valence-electron chi connectivity index (χ4n) is 3.09. The van der Waals surface area contributed by atoms with Crippen LogP contribution in [-0.4, -0.2) is 10.1 Å². The summed E-state index contributed by atoms with van der Waals surface area (Å²) >= 11 is 3.59. The lowest BCUT2D eigenvalue weighted by Crippen LogP contribution is -2.16. The number of nitrogens with one attached hydrogen (secondary N) is 1. The molecule has 2 unspecified atom stereocenters. The van der Waals surface area contributed by atoms with Gasteiger partial charge in [-0.25, -0.2) is 4.21 Å². The van der Waals surface area contributed by atoms with Crippen molar-refractivity contribution in [1.82, 2.24) is 4.72 Å². The van der Waals surface area contributed by atoms with E-state index in [1.807, 2.05) is 30.3 Å². The van der Waals surface area contributed by atoms with Crippen molar-refractivity contribution in [2.75, 3.05) is 0 Å². The zero-order chi connectivity index (χ0) is 16.7. The zero-order valence-corrected chi connectivity index (χ0v) is 15.0. The summed E-state index contributed by atoms with van der Waals surface area (Å²) in [7, 11) is -1.47. The number of carbonyl (C=O) groups excluding carboxylic acids is 1. The minimum Gasteiger partial charge on any atom is -0.486 e. The molecule has 1 heterocycles. The number of fused-ring (bicyclic) bond motifs is 1. The third-order valence-electron chi connectivity index (χ3n) is 4.23. The Morgan fingerprint density at radius 1 is 1.17 bits per heavy atom. The maximum Gasteiger partial charge on any atom is 0.257 e. The van der Waals surface area contributed by atoms with Crippen molar-refractivity contribution in [2.24, 2.45) is 0 Å². The molecule has 24 heavy (non-hydrogen) atoms. The highest BCUT2D eigenvalue weighted by Gasteiger charge is 2.26. The van der Waals surface area contributed by atoms with Crippen LogP contribution in [0.3, 0.4) is 0 Å². The Hall–Kier alpha value is -1.92. The van der Waals surface area contributed by atoms with Crippen LogP contribution in [-0.2, 0) is 22.2 Å². The van der Waals surface area contributed by atoms with Gasteiger partial charge in [0.2, 0.25) is 0 Å². The van der Waals surface area contributed by atoms with Gasteiger partial charge < -0.3 is 4.74 Å². The summed E-state index contributed by atoms with van der Waals surface area (Å²) in [5.74, 6) is 0.442. The predicted octanol–water partition coefficient (Wildman–Crippen LogP) is 3.65. The first-order valence-electron chi connectivity index (χ1n) is 7.60. The molecule has 1 N–H and O–H groups in total. The topological polar surface area (TPSA) is 55.4 Å². The maximum atomic E-state index is 11.8. The number of halogens is 1. The first kappa shape index (κ1) is 15.6. The van der Waals surface area contributed by atoms with Crippen LogP contribution in [0.15, 0.2) is 53.0 Å². The molecular weight excluding hydrogens is 390 g/mol. The molecule has 1 amide bonds. The van der Waals surface area contributed by atoms with Crippen molar-refractivity contribution in [2.45, 2.75) is 18.9 Å². The molecule has 4 nitrogen and oxygen atoms in total. The van der Waals surface area contributed by atoms with Crippen LogP contribution in [0.4, 0.5) is 0 Å². The van der Waals surface area contributed by atoms with Crippen LogP contribution in [0, 0.1) is 0 Å². The van der Waals surface area contributed by atoms with Crippen molar-refractivity contribution in [3.05, 3.63) is 69.7 Å². The summed E-state index contributed by atoms with van der Waals surface area (Å²) in [6, 6.07) is 13.6. The van der Waals surface area contributed by atoms with Gasteiger partial charge in [0.05, 0.1) is 4.91 Å². The summed E-state index contributed by atoms with van der Waals surface area (Å²) in [5.41, 5.74) is 3.30. The van der Waals surface area contributed by atoms with Crippen molar-refractivity contribution < 1.29 is 13.7 Å². The molecule has 0 fully saturated rings. The Kier molecular flexibility index (Phi) is 4.02. The van der Waals surface area contributed by atoms with Gasteiger partial charge in [0.1, 0.15) is 11.9 Å². The lowest BCUT2D eigenvalue weighted by Gasteiger charge is -2.15. The van der Waals surface area contributed by atoms with E-state index in [1.165, 1.54) is 17.2 Å². The number of hydrogen-bond acceptors (Lipinski definition) is 3. The summed E-state index contributed by atoms with van der Waals surface area (Å²) in [4.78, 5) is 11.8. The van der Waals surface area contributed by atoms with E-state index in [2.05, 4.69) is 32.8 Å². The number of hydrogen-bond donors (Lipinski definition) is 1. The van der Waals surface area contributed by atoms with E-state index in [0.717, 1.165) is 28.6 Å². The van der Waals surface area contributed by atoms with E-state index < -0.39 is 11.0 Å². The van der Waals surface area contributed by atoms with Crippen LogP contribution < -0.4 is 9.46 Å². The monoisotopic (exact) mass is 403 g/mol. The Balaban J connectivity index is 1.54. The normalized spacial score (nSPS) is 22.0. The van der Waals surface area contributed by atoms with Gasteiger partial charge in [-0.1, -0.05) is 40.2 Å². The lowest BCUT2D eigenvalue weighted by molar-refractivity contribution is -0.114. The smallest absolute Gasteiger partial charge is 0.257 e. The summed E-state index contributed by atoms with van der Waals surface area (Å²) < 4.78 is 21.4. The van der Waals surface area contributed by atoms with Gasteiger partial charge in [-0.3, -0.25) is 9.52 Å². The van der Waals surface area contributed by atoms with E-state index >= 15 is 0 Å². The van der Waals surface area contributed by atoms with E-state index in [0.29, 0.717) is 4.91 Å². The second kappa shape index (κ2) is 6.18. The van der Waals surface area contributed by atoms with Crippen LogP contribution in [0.1, 0.15) is 29.2 Å². The molecule has 0 aromatic heterocycles. The molecule has 1 aliphatic carbocycles. The molecule has 2 aromatic carbocycles. The van der Waals surface area contributed by atoms with Crippen molar-refractivity contribution in [3.8, 4) is 5.75 Å². The van der Waals surface area contributed by atoms with Crippen LogP contribution in [0.25, 0.3) is 4.91 Å². The van der Waals surface area contributed by atoms with E-state index in [-0.39, 0.29) is 12.0 Å². The lowest BCUT2D eigenvalue weighted by atomic mass is 10.1. The predicted molar refractivity (Wildman–Crippen MR) is 96.5 cm³/mol. The molecule has 4 rings (SSSR count). The molecule has 0 saturated heterocycles. The van der Waals surface area contributed by atoms with Gasteiger partial charge in [0.15, 0.2) is 11.0 Å². The molecule has 0 saturated carbocycles. The fourth-order valence-corrected chi connectivity index (χ4v) is 4.59. The third-order valence-corrected chi connectivity index (χ3v) is 6.11. The van der Waals surface area contributed by atoms with E-state index in [4.69, 9.17) is 4.74 Å². The van der Waals surface area contributed by atoms with Crippen molar-refractivity contribution in [1.29, 1.82) is 0 Å². The minimum absolute atomic E-state index is 0.0476. The van der Waals surface area contributed by atoms with Gasteiger partial charge >= 0.3 is 0 Å². The minimum atomic E-state index is -1.47. The average molecular weight is 404 g/mol. The van der Waals surface area contributed by atoms with Gasteiger partial charge in [-0.2, -0.15) is 0 Å². The molecule has 2 aliphatic rings. The van der Waals surface area contributed by atoms with Crippen LogP contribution in [0.5, 0.6) is 5.75 Å². The van der Waals surface area contributed by atoms with Crippen molar-refractivity contribution >= 4 is 37.7 Å². The summed E-state index contributed by atoms with van der Waals surface area (Å²) in [5, 5.41) is 0.